The van der Waals surface area contributed by atoms with Crippen molar-refractivity contribution in [1.82, 2.24) is 0 Å². The molecule has 0 atom stereocenters. The van der Waals surface area contributed by atoms with Gasteiger partial charge in [0.25, 0.3) is 0 Å². The summed E-state index contributed by atoms with van der Waals surface area (Å²) in [5.74, 6) is 0. The third-order valence-electron chi connectivity index (χ3n) is 2.83. The van der Waals surface area contributed by atoms with Gasteiger partial charge in [-0.1, -0.05) is 42.0 Å². The highest BCUT2D eigenvalue weighted by Crippen LogP contribution is 2.25. The van der Waals surface area contributed by atoms with Crippen LogP contribution in [0, 0.1) is 6.92 Å². The van der Waals surface area contributed by atoms with E-state index in [2.05, 4.69) is 31.2 Å². The zero-order valence-corrected chi connectivity index (χ0v) is 9.85. The van der Waals surface area contributed by atoms with Crippen LogP contribution in [0.2, 0.25) is 0 Å². The molecular weight excluding hydrogens is 210 g/mol. The van der Waals surface area contributed by atoms with Crippen molar-refractivity contribution in [3.8, 4) is 11.1 Å². The summed E-state index contributed by atoms with van der Waals surface area (Å²) in [4.78, 5) is 0. The molecule has 3 heteroatoms. The van der Waals surface area contributed by atoms with Crippen molar-refractivity contribution in [3.63, 3.8) is 0 Å². The van der Waals surface area contributed by atoms with Crippen molar-refractivity contribution in [2.45, 2.75) is 13.1 Å². The quantitative estimate of drug-likeness (QED) is 0.543. The van der Waals surface area contributed by atoms with Crippen LogP contribution in [-0.4, -0.2) is 0 Å². The lowest BCUT2D eigenvalue weighted by Crippen LogP contribution is -2.21. The van der Waals surface area contributed by atoms with Crippen LogP contribution in [0.25, 0.3) is 11.1 Å². The first-order valence-electron chi connectivity index (χ1n) is 5.55. The molecule has 0 aliphatic carbocycles. The summed E-state index contributed by atoms with van der Waals surface area (Å²) in [7, 11) is 0. The predicted molar refractivity (Wildman–Crippen MR) is 72.1 cm³/mol. The highest BCUT2D eigenvalue weighted by atomic mass is 14.9. The molecule has 0 aliphatic heterocycles. The molecule has 0 amide bonds. The summed E-state index contributed by atoms with van der Waals surface area (Å²) in [6, 6.07) is 14.1. The Kier molecular flexibility index (Phi) is 3.13. The maximum Gasteiger partial charge on any atom is 0.0804 e. The zero-order chi connectivity index (χ0) is 12.4. The number of rotatable bonds is 2. The molecule has 3 nitrogen and oxygen atoms in total. The van der Waals surface area contributed by atoms with Gasteiger partial charge in [-0.25, -0.2) is 0 Å². The van der Waals surface area contributed by atoms with Crippen molar-refractivity contribution in [2.24, 2.45) is 11.5 Å². The van der Waals surface area contributed by atoms with Gasteiger partial charge in [0.2, 0.25) is 0 Å². The molecule has 2 aromatic carbocycles. The van der Waals surface area contributed by atoms with Crippen molar-refractivity contribution >= 4 is 5.69 Å². The molecule has 0 saturated carbocycles. The summed E-state index contributed by atoms with van der Waals surface area (Å²) in [6.45, 7) is 2.06. The monoisotopic (exact) mass is 227 g/mol. The van der Waals surface area contributed by atoms with Gasteiger partial charge in [-0.15, -0.1) is 0 Å². The first kappa shape index (κ1) is 11.6. The van der Waals surface area contributed by atoms with Gasteiger partial charge < -0.3 is 17.2 Å². The van der Waals surface area contributed by atoms with Gasteiger partial charge in [-0.3, -0.25) is 0 Å². The van der Waals surface area contributed by atoms with E-state index in [1.54, 1.807) is 0 Å². The third-order valence-corrected chi connectivity index (χ3v) is 2.83. The van der Waals surface area contributed by atoms with Gasteiger partial charge in [0.1, 0.15) is 0 Å². The Balaban J connectivity index is 2.41. The minimum Gasteiger partial charge on any atom is -0.398 e. The molecular formula is C14H17N3. The summed E-state index contributed by atoms with van der Waals surface area (Å²) < 4.78 is 0. The first-order chi connectivity index (χ1) is 8.08. The summed E-state index contributed by atoms with van der Waals surface area (Å²) >= 11 is 0. The fraction of sp³-hybridized carbons (Fsp3) is 0.143. The van der Waals surface area contributed by atoms with E-state index < -0.39 is 6.17 Å². The minimum atomic E-state index is -0.526. The van der Waals surface area contributed by atoms with Crippen LogP contribution < -0.4 is 17.2 Å². The first-order valence-corrected chi connectivity index (χ1v) is 5.55. The van der Waals surface area contributed by atoms with Gasteiger partial charge >= 0.3 is 0 Å². The van der Waals surface area contributed by atoms with Crippen LogP contribution in [0.5, 0.6) is 0 Å². The largest absolute Gasteiger partial charge is 0.398 e. The van der Waals surface area contributed by atoms with E-state index in [-0.39, 0.29) is 0 Å². The number of anilines is 1. The molecule has 6 N–H and O–H groups in total. The molecule has 0 radical (unpaired) electrons. The molecule has 0 unspecified atom stereocenters. The Morgan fingerprint density at radius 3 is 2.00 bits per heavy atom. The van der Waals surface area contributed by atoms with Crippen LogP contribution >= 0.6 is 0 Å². The smallest absolute Gasteiger partial charge is 0.0804 e. The summed E-state index contributed by atoms with van der Waals surface area (Å²) in [5, 5.41) is 0. The van der Waals surface area contributed by atoms with E-state index in [9.17, 15) is 0 Å². The SMILES string of the molecule is Cc1ccc(-c2ccc(C(N)N)c(N)c2)cc1. The number of hydrogen-bond donors (Lipinski definition) is 3. The van der Waals surface area contributed by atoms with Crippen LogP contribution in [0.1, 0.15) is 17.3 Å². The number of benzene rings is 2. The van der Waals surface area contributed by atoms with E-state index in [1.165, 1.54) is 5.56 Å². The molecule has 88 valence electrons. The zero-order valence-electron chi connectivity index (χ0n) is 9.85. The molecule has 0 fully saturated rings. The molecule has 2 rings (SSSR count). The molecule has 0 spiro atoms. The fourth-order valence-corrected chi connectivity index (χ4v) is 1.80. The maximum absolute atomic E-state index is 5.93. The molecule has 0 bridgehead atoms. The second-order valence-corrected chi connectivity index (χ2v) is 4.24. The van der Waals surface area contributed by atoms with Crippen LogP contribution in [0.3, 0.4) is 0 Å². The molecule has 0 heterocycles. The van der Waals surface area contributed by atoms with E-state index in [0.29, 0.717) is 5.69 Å². The Labute approximate surface area is 101 Å². The van der Waals surface area contributed by atoms with Gasteiger partial charge in [0.05, 0.1) is 6.17 Å². The van der Waals surface area contributed by atoms with Gasteiger partial charge in [0.15, 0.2) is 0 Å². The van der Waals surface area contributed by atoms with E-state index in [1.807, 2.05) is 18.2 Å². The summed E-state index contributed by atoms with van der Waals surface area (Å²) in [6.07, 6.45) is -0.526. The van der Waals surface area contributed by atoms with Crippen LogP contribution in [0.4, 0.5) is 5.69 Å². The van der Waals surface area contributed by atoms with E-state index in [4.69, 9.17) is 17.2 Å². The lowest BCUT2D eigenvalue weighted by atomic mass is 10.0. The third kappa shape index (κ3) is 2.46. The number of nitrogen functional groups attached to an aromatic ring is 1. The standard InChI is InChI=1S/C14H17N3/c1-9-2-4-10(5-3-9)11-6-7-12(14(16)17)13(15)8-11/h2-8,14H,15-17H2,1H3. The highest BCUT2D eigenvalue weighted by molar-refractivity contribution is 5.69. The molecule has 2 aromatic rings. The Morgan fingerprint density at radius 2 is 1.47 bits per heavy atom. The second kappa shape index (κ2) is 4.57. The van der Waals surface area contributed by atoms with Crippen LogP contribution in [-0.2, 0) is 0 Å². The van der Waals surface area contributed by atoms with Crippen molar-refractivity contribution in [2.75, 3.05) is 5.73 Å². The van der Waals surface area contributed by atoms with Gasteiger partial charge in [0, 0.05) is 11.3 Å². The van der Waals surface area contributed by atoms with Gasteiger partial charge in [-0.05, 0) is 24.1 Å². The Morgan fingerprint density at radius 1 is 0.882 bits per heavy atom. The Bertz CT molecular complexity index is 515. The topological polar surface area (TPSA) is 78.1 Å². The lowest BCUT2D eigenvalue weighted by Gasteiger charge is -2.11. The predicted octanol–water partition coefficient (Wildman–Crippen LogP) is 2.16. The molecule has 0 aromatic heterocycles. The van der Waals surface area contributed by atoms with Crippen LogP contribution in [0.15, 0.2) is 42.5 Å². The maximum atomic E-state index is 5.93. The second-order valence-electron chi connectivity index (χ2n) is 4.24. The van der Waals surface area contributed by atoms with Crippen molar-refractivity contribution < 1.29 is 0 Å². The molecule has 0 saturated heterocycles. The molecule has 17 heavy (non-hydrogen) atoms. The highest BCUT2D eigenvalue weighted by Gasteiger charge is 2.06. The van der Waals surface area contributed by atoms with E-state index in [0.717, 1.165) is 16.7 Å². The minimum absolute atomic E-state index is 0.526. The average Bonchev–Trinajstić information content (AvgIpc) is 2.29. The number of hydrogen-bond acceptors (Lipinski definition) is 3. The summed E-state index contributed by atoms with van der Waals surface area (Å²) in [5.41, 5.74) is 22.0. The normalized spacial score (nSPS) is 10.8. The Hall–Kier alpha value is -1.84. The number of nitrogens with two attached hydrogens (primary N) is 3. The van der Waals surface area contributed by atoms with Crippen molar-refractivity contribution in [3.05, 3.63) is 53.6 Å². The average molecular weight is 227 g/mol. The molecule has 0 aliphatic rings. The van der Waals surface area contributed by atoms with Gasteiger partial charge in [-0.2, -0.15) is 0 Å². The lowest BCUT2D eigenvalue weighted by molar-refractivity contribution is 0.777. The number of aryl methyl sites for hydroxylation is 1. The van der Waals surface area contributed by atoms with Crippen molar-refractivity contribution in [1.29, 1.82) is 0 Å². The van der Waals surface area contributed by atoms with E-state index >= 15 is 0 Å². The fourth-order valence-electron chi connectivity index (χ4n) is 1.80.